The lowest BCUT2D eigenvalue weighted by Crippen LogP contribution is -2.68. The number of benzene rings is 2. The number of ether oxygens (including phenoxy) is 7. The van der Waals surface area contributed by atoms with E-state index in [1.165, 1.54) is 10.4 Å². The molecule has 470 valence electrons. The highest BCUT2D eigenvalue weighted by molar-refractivity contribution is 5.83. The Morgan fingerprint density at radius 1 is 0.593 bits per heavy atom. The average molecular weight is 1200 g/mol. The van der Waals surface area contributed by atoms with Crippen LogP contribution in [-0.2, 0) is 67.5 Å². The third-order valence-electron chi connectivity index (χ3n) is 16.8. The van der Waals surface area contributed by atoms with E-state index in [0.29, 0.717) is 43.1 Å². The standard InChI is InChI=1S/C54H81N19O13/c1-69-12-14-70(15-13-69)31-8-11-35-36(18-31)62-51(61-35)27-6-9-32(10-7-27)80-26-30-24-72(67-65-30)17-16-71-22-28(63-66-71)4-2-3-5-29-23-73(68-64-29)25-39-49(85-53-41(60)46(78)44(76)38(21-56)82-53)47(79)54(83-39)86-50-42(74)33(57)19-34(58)48(50)84-52-40(59)45(77)43(75)37(20-55)81-52/h6-11,18,22-24,33-34,37-50,52-54,74-79H,2-5,12-17,19-21,25-26,55-60H2,1H3,(H,61,62)/t33-,34?,37?,38+,39-,40?,41?,42?,43+,44-,45-,46?,47+,48+,49+,50-,52+,53-,54?/m1/s1. The molecule has 0 amide bonds. The number of aliphatic hydroxyl groups excluding tert-OH is 6. The van der Waals surface area contributed by atoms with E-state index in [1.54, 1.807) is 15.6 Å². The number of aliphatic hydroxyl groups is 6. The smallest absolute Gasteiger partial charge is 0.187 e. The summed E-state index contributed by atoms with van der Waals surface area (Å²) in [6, 6.07) is 9.88. The molecule has 2 aromatic carbocycles. The van der Waals surface area contributed by atoms with Crippen molar-refractivity contribution in [3.8, 4) is 17.1 Å². The van der Waals surface area contributed by atoms with Gasteiger partial charge in [0.2, 0.25) is 0 Å². The molecule has 5 fully saturated rings. The Kier molecular flexibility index (Phi) is 19.6. The lowest BCUT2D eigenvalue weighted by molar-refractivity contribution is -0.306. The molecule has 11 rings (SSSR count). The Morgan fingerprint density at radius 2 is 1.15 bits per heavy atom. The predicted octanol–water partition coefficient (Wildman–Crippen LogP) is -5.27. The first-order chi connectivity index (χ1) is 41.5. The van der Waals surface area contributed by atoms with Crippen molar-refractivity contribution in [3.05, 3.63) is 78.1 Å². The molecular formula is C54H81N19O13. The molecular weight excluding hydrogens is 1120 g/mol. The van der Waals surface area contributed by atoms with Gasteiger partial charge in [-0.2, -0.15) is 0 Å². The van der Waals surface area contributed by atoms with E-state index in [4.69, 9.17) is 72.5 Å². The number of hydrogen-bond acceptors (Lipinski definition) is 28. The first kappa shape index (κ1) is 61.8. The maximum atomic E-state index is 12.0. The molecule has 1 saturated carbocycles. The molecule has 19 atom stereocenters. The van der Waals surface area contributed by atoms with Crippen LogP contribution in [0.4, 0.5) is 5.69 Å². The number of rotatable bonds is 23. The van der Waals surface area contributed by atoms with Gasteiger partial charge >= 0.3 is 0 Å². The highest BCUT2D eigenvalue weighted by Crippen LogP contribution is 2.36. The monoisotopic (exact) mass is 1200 g/mol. The van der Waals surface area contributed by atoms with Crippen molar-refractivity contribution >= 4 is 16.7 Å². The summed E-state index contributed by atoms with van der Waals surface area (Å²) < 4.78 is 47.9. The summed E-state index contributed by atoms with van der Waals surface area (Å²) in [5.41, 5.74) is 43.3. The molecule has 1 aliphatic carbocycles. The number of likely N-dealkylation sites (N-methyl/N-ethyl adjacent to an activating group) is 1. The lowest BCUT2D eigenvalue weighted by atomic mass is 9.84. The first-order valence-electron chi connectivity index (χ1n) is 29.3. The number of hydrogen-bond donors (Lipinski definition) is 13. The number of imidazole rings is 1. The lowest BCUT2D eigenvalue weighted by Gasteiger charge is -2.47. The minimum Gasteiger partial charge on any atom is -0.487 e. The van der Waals surface area contributed by atoms with Crippen molar-refractivity contribution in [2.75, 3.05) is 51.2 Å². The van der Waals surface area contributed by atoms with Crippen LogP contribution >= 0.6 is 0 Å². The second kappa shape index (κ2) is 27.3. The molecule has 32 nitrogen and oxygen atoms in total. The van der Waals surface area contributed by atoms with E-state index in [1.807, 2.05) is 36.7 Å². The molecule has 0 spiro atoms. The molecule has 8 heterocycles. The van der Waals surface area contributed by atoms with Crippen LogP contribution < -0.4 is 44.0 Å². The number of anilines is 1. The number of H-pyrrole nitrogens is 1. The molecule has 5 aliphatic rings. The average Bonchev–Trinajstić information content (AvgIpc) is 2.37. The minimum atomic E-state index is -1.62. The van der Waals surface area contributed by atoms with Crippen LogP contribution in [0.5, 0.6) is 5.75 Å². The summed E-state index contributed by atoms with van der Waals surface area (Å²) in [7, 11) is 2.16. The number of fused-ring (bicyclic) bond motifs is 1. The number of aryl methyl sites for hydroxylation is 4. The molecule has 4 aromatic heterocycles. The van der Waals surface area contributed by atoms with Crippen LogP contribution in [0, 0.1) is 0 Å². The van der Waals surface area contributed by atoms with Gasteiger partial charge in [-0.1, -0.05) is 15.6 Å². The normalized spacial score (nSPS) is 33.7. The van der Waals surface area contributed by atoms with Crippen LogP contribution in [0.1, 0.15) is 36.3 Å². The number of piperazine rings is 1. The Balaban J connectivity index is 0.651. The molecule has 32 heteroatoms. The molecule has 86 heavy (non-hydrogen) atoms. The molecule has 4 saturated heterocycles. The van der Waals surface area contributed by atoms with Gasteiger partial charge < -0.3 is 113 Å². The van der Waals surface area contributed by atoms with Gasteiger partial charge in [-0.25, -0.2) is 9.67 Å². The molecule has 0 radical (unpaired) electrons. The SMILES string of the molecule is CN1CCN(c2ccc3nc(-c4ccc(OCc5cn(CCn6cc(CCCCc7cn(C[C@H]8OC(O[C@@H]9C(O)[C@H](N)CC(N)[C@@H]9O[C@@H]9OC(CN)[C@H](O)[C@H](O)C9N)[C@@H](O)[C@H]8O[C@H]8O[C@@H](CN)[C@@H](O)C(O)C8N)nn7)nn6)nn5)cc4)[nH]c3c2)CC1. The van der Waals surface area contributed by atoms with E-state index in [9.17, 15) is 30.6 Å². The fraction of sp³-hybridized carbons (Fsp3) is 0.648. The third kappa shape index (κ3) is 13.9. The molecule has 19 N–H and O–H groups in total. The van der Waals surface area contributed by atoms with E-state index < -0.39 is 116 Å². The number of unbranched alkanes of at least 4 members (excludes halogenated alkanes) is 1. The number of nitrogens with one attached hydrogen (secondary N) is 1. The maximum Gasteiger partial charge on any atom is 0.187 e. The summed E-state index contributed by atoms with van der Waals surface area (Å²) in [5, 5.41) is 91.9. The quantitative estimate of drug-likeness (QED) is 0.0267. The zero-order valence-corrected chi connectivity index (χ0v) is 47.7. The number of nitrogens with zero attached hydrogens (tertiary/aromatic N) is 12. The molecule has 4 aliphatic heterocycles. The molecule has 6 aromatic rings. The summed E-state index contributed by atoms with van der Waals surface area (Å²) in [4.78, 5) is 13.1. The number of aromatic amines is 1. The van der Waals surface area contributed by atoms with Crippen molar-refractivity contribution < 1.29 is 63.8 Å². The van der Waals surface area contributed by atoms with Gasteiger partial charge in [0, 0.05) is 75.0 Å². The van der Waals surface area contributed by atoms with Gasteiger partial charge in [0.05, 0.1) is 66.4 Å². The highest BCUT2D eigenvalue weighted by Gasteiger charge is 2.55. The second-order valence-electron chi connectivity index (χ2n) is 23.0. The van der Waals surface area contributed by atoms with Crippen LogP contribution in [0.15, 0.2) is 61.1 Å². The van der Waals surface area contributed by atoms with Crippen molar-refractivity contribution in [1.82, 2.24) is 59.8 Å². The highest BCUT2D eigenvalue weighted by atomic mass is 16.8. The zero-order valence-electron chi connectivity index (χ0n) is 47.7. The van der Waals surface area contributed by atoms with Crippen LogP contribution in [0.2, 0.25) is 0 Å². The first-order valence-corrected chi connectivity index (χ1v) is 29.3. The fourth-order valence-corrected chi connectivity index (χ4v) is 11.6. The van der Waals surface area contributed by atoms with Gasteiger partial charge in [0.25, 0.3) is 0 Å². The predicted molar refractivity (Wildman–Crippen MR) is 304 cm³/mol. The summed E-state index contributed by atoms with van der Waals surface area (Å²) in [6.45, 7) is 4.99. The summed E-state index contributed by atoms with van der Waals surface area (Å²) >= 11 is 0. The van der Waals surface area contributed by atoms with Crippen LogP contribution in [-0.4, -0.2) is 253 Å². The van der Waals surface area contributed by atoms with Crippen LogP contribution in [0.25, 0.3) is 22.4 Å². The van der Waals surface area contributed by atoms with E-state index in [0.717, 1.165) is 67.1 Å². The molecule has 0 bridgehead atoms. The maximum absolute atomic E-state index is 12.0. The second-order valence-corrected chi connectivity index (χ2v) is 23.0. The van der Waals surface area contributed by atoms with Gasteiger partial charge in [0.1, 0.15) is 91.0 Å². The summed E-state index contributed by atoms with van der Waals surface area (Å²) in [6.07, 6.45) is -11.8. The van der Waals surface area contributed by atoms with Gasteiger partial charge in [-0.05, 0) is 81.6 Å². The van der Waals surface area contributed by atoms with Crippen molar-refractivity contribution in [2.45, 2.75) is 175 Å². The fourth-order valence-electron chi connectivity index (χ4n) is 11.6. The molecule has 7 unspecified atom stereocenters. The van der Waals surface area contributed by atoms with Crippen molar-refractivity contribution in [3.63, 3.8) is 0 Å². The van der Waals surface area contributed by atoms with Crippen molar-refractivity contribution in [2.24, 2.45) is 34.4 Å². The topological polar surface area (TPSA) is 469 Å². The Labute approximate surface area is 494 Å². The van der Waals surface area contributed by atoms with Gasteiger partial charge in [-0.3, -0.25) is 9.36 Å². The van der Waals surface area contributed by atoms with E-state index in [-0.39, 0.29) is 32.7 Å². The van der Waals surface area contributed by atoms with Gasteiger partial charge in [0.15, 0.2) is 18.9 Å². The van der Waals surface area contributed by atoms with Gasteiger partial charge in [-0.15, -0.1) is 15.3 Å². The summed E-state index contributed by atoms with van der Waals surface area (Å²) in [5.74, 6) is 1.50. The number of nitrogens with two attached hydrogens (primary N) is 6. The Bertz CT molecular complexity index is 3110. The number of aromatic nitrogens is 11. The Hall–Kier alpha value is -5.83. The van der Waals surface area contributed by atoms with Crippen LogP contribution in [0.3, 0.4) is 0 Å². The Morgan fingerprint density at radius 3 is 1.78 bits per heavy atom. The zero-order chi connectivity index (χ0) is 60.3. The third-order valence-corrected chi connectivity index (χ3v) is 16.8. The van der Waals surface area contributed by atoms with E-state index >= 15 is 0 Å². The van der Waals surface area contributed by atoms with E-state index in [2.05, 4.69) is 71.0 Å². The minimum absolute atomic E-state index is 0.0501. The van der Waals surface area contributed by atoms with Crippen molar-refractivity contribution in [1.29, 1.82) is 0 Å². The largest absolute Gasteiger partial charge is 0.487 e.